The number of hydrogen-bond donors (Lipinski definition) is 2. The molecule has 0 saturated heterocycles. The van der Waals surface area contributed by atoms with Crippen LogP contribution in [0.25, 0.3) is 0 Å². The third-order valence-corrected chi connectivity index (χ3v) is 4.34. The van der Waals surface area contributed by atoms with Crippen LogP contribution in [0.3, 0.4) is 0 Å². The third kappa shape index (κ3) is 4.55. The largest absolute Gasteiger partial charge is 0.465 e. The maximum atomic E-state index is 12.4. The predicted molar refractivity (Wildman–Crippen MR) is 99.5 cm³/mol. The SMILES string of the molecule is COC(=O)c1c(C)[nH]c(C(=O)O[C@@H](C)C(=O)N[C@H](C)c2ccccc2)c1C. The Morgan fingerprint density at radius 1 is 1.04 bits per heavy atom. The van der Waals surface area contributed by atoms with E-state index in [1.165, 1.54) is 14.0 Å². The molecular weight excluding hydrogens is 348 g/mol. The van der Waals surface area contributed by atoms with E-state index in [9.17, 15) is 14.4 Å². The zero-order valence-electron chi connectivity index (χ0n) is 16.1. The first-order valence-corrected chi connectivity index (χ1v) is 8.60. The zero-order valence-corrected chi connectivity index (χ0v) is 16.1. The molecule has 0 spiro atoms. The summed E-state index contributed by atoms with van der Waals surface area (Å²) in [6, 6.07) is 9.25. The van der Waals surface area contributed by atoms with Crippen LogP contribution in [0.4, 0.5) is 0 Å². The number of esters is 2. The molecule has 0 aliphatic carbocycles. The van der Waals surface area contributed by atoms with Gasteiger partial charge in [0, 0.05) is 5.69 Å². The summed E-state index contributed by atoms with van der Waals surface area (Å²) in [5.41, 5.74) is 2.29. The second-order valence-electron chi connectivity index (χ2n) is 6.31. The Kier molecular flexibility index (Phi) is 6.39. The molecule has 2 aromatic rings. The van der Waals surface area contributed by atoms with E-state index in [2.05, 4.69) is 10.3 Å². The van der Waals surface area contributed by atoms with Gasteiger partial charge in [0.25, 0.3) is 5.91 Å². The topological polar surface area (TPSA) is 97.5 Å². The quantitative estimate of drug-likeness (QED) is 0.760. The van der Waals surface area contributed by atoms with E-state index in [4.69, 9.17) is 9.47 Å². The molecule has 7 nitrogen and oxygen atoms in total. The normalized spacial score (nSPS) is 12.8. The maximum absolute atomic E-state index is 12.4. The molecule has 27 heavy (non-hydrogen) atoms. The Hall–Kier alpha value is -3.09. The molecule has 1 aromatic heterocycles. The van der Waals surface area contributed by atoms with Crippen LogP contribution in [-0.4, -0.2) is 36.0 Å². The highest BCUT2D eigenvalue weighted by atomic mass is 16.5. The van der Waals surface area contributed by atoms with E-state index in [-0.39, 0.29) is 11.7 Å². The highest BCUT2D eigenvalue weighted by Gasteiger charge is 2.26. The molecule has 1 aromatic carbocycles. The first-order chi connectivity index (χ1) is 12.8. The molecule has 0 bridgehead atoms. The number of benzene rings is 1. The predicted octanol–water partition coefficient (Wildman–Crippen LogP) is 2.84. The molecule has 0 aliphatic rings. The second-order valence-corrected chi connectivity index (χ2v) is 6.31. The van der Waals surface area contributed by atoms with Gasteiger partial charge in [-0.2, -0.15) is 0 Å². The van der Waals surface area contributed by atoms with Crippen LogP contribution in [0.5, 0.6) is 0 Å². The Balaban J connectivity index is 2.05. The summed E-state index contributed by atoms with van der Waals surface area (Å²) in [6.45, 7) is 6.63. The summed E-state index contributed by atoms with van der Waals surface area (Å²) < 4.78 is 9.98. The van der Waals surface area contributed by atoms with Crippen LogP contribution < -0.4 is 5.32 Å². The molecule has 2 rings (SSSR count). The van der Waals surface area contributed by atoms with E-state index in [1.807, 2.05) is 37.3 Å². The molecule has 1 heterocycles. The Morgan fingerprint density at radius 3 is 2.26 bits per heavy atom. The minimum absolute atomic E-state index is 0.128. The number of rotatable bonds is 6. The molecule has 7 heteroatoms. The summed E-state index contributed by atoms with van der Waals surface area (Å²) in [7, 11) is 1.27. The molecule has 2 atom stereocenters. The highest BCUT2D eigenvalue weighted by Crippen LogP contribution is 2.20. The molecule has 1 amide bonds. The van der Waals surface area contributed by atoms with Crippen molar-refractivity contribution in [2.75, 3.05) is 7.11 Å². The average Bonchev–Trinajstić information content (AvgIpc) is 2.96. The lowest BCUT2D eigenvalue weighted by molar-refractivity contribution is -0.129. The van der Waals surface area contributed by atoms with E-state index in [0.717, 1.165) is 5.56 Å². The van der Waals surface area contributed by atoms with E-state index < -0.39 is 23.9 Å². The number of amides is 1. The number of aromatic nitrogens is 1. The van der Waals surface area contributed by atoms with Crippen molar-refractivity contribution < 1.29 is 23.9 Å². The lowest BCUT2D eigenvalue weighted by Crippen LogP contribution is -2.37. The highest BCUT2D eigenvalue weighted by molar-refractivity contribution is 5.99. The van der Waals surface area contributed by atoms with Crippen LogP contribution in [0.1, 0.15) is 57.6 Å². The number of carbonyl (C=O) groups is 3. The van der Waals surface area contributed by atoms with Gasteiger partial charge < -0.3 is 19.8 Å². The molecule has 0 fully saturated rings. The van der Waals surface area contributed by atoms with Crippen molar-refractivity contribution in [1.29, 1.82) is 0 Å². The fraction of sp³-hybridized carbons (Fsp3) is 0.350. The number of aromatic amines is 1. The molecule has 144 valence electrons. The number of ether oxygens (including phenoxy) is 2. The number of nitrogens with one attached hydrogen (secondary N) is 2. The van der Waals surface area contributed by atoms with E-state index in [0.29, 0.717) is 16.8 Å². The van der Waals surface area contributed by atoms with Gasteiger partial charge >= 0.3 is 11.9 Å². The van der Waals surface area contributed by atoms with Gasteiger partial charge in [-0.15, -0.1) is 0 Å². The number of H-pyrrole nitrogens is 1. The third-order valence-electron chi connectivity index (χ3n) is 4.34. The Bertz CT molecular complexity index is 842. The lowest BCUT2D eigenvalue weighted by Gasteiger charge is -2.18. The average molecular weight is 372 g/mol. The van der Waals surface area contributed by atoms with Crippen molar-refractivity contribution >= 4 is 17.8 Å². The smallest absolute Gasteiger partial charge is 0.355 e. The fourth-order valence-electron chi connectivity index (χ4n) is 2.79. The number of carbonyl (C=O) groups excluding carboxylic acids is 3. The van der Waals surface area contributed by atoms with Crippen LogP contribution in [0.2, 0.25) is 0 Å². The monoisotopic (exact) mass is 372 g/mol. The van der Waals surface area contributed by atoms with E-state index >= 15 is 0 Å². The van der Waals surface area contributed by atoms with Gasteiger partial charge in [0.2, 0.25) is 0 Å². The molecular formula is C20H24N2O5. The Labute approximate surface area is 158 Å². The summed E-state index contributed by atoms with van der Waals surface area (Å²) in [5.74, 6) is -1.66. The summed E-state index contributed by atoms with van der Waals surface area (Å²) >= 11 is 0. The van der Waals surface area contributed by atoms with Crippen LogP contribution >= 0.6 is 0 Å². The minimum Gasteiger partial charge on any atom is -0.465 e. The number of hydrogen-bond acceptors (Lipinski definition) is 5. The molecule has 0 unspecified atom stereocenters. The van der Waals surface area contributed by atoms with Gasteiger partial charge in [0.1, 0.15) is 5.69 Å². The summed E-state index contributed by atoms with van der Waals surface area (Å²) in [6.07, 6.45) is -0.992. The van der Waals surface area contributed by atoms with Gasteiger partial charge in [-0.3, -0.25) is 4.79 Å². The summed E-state index contributed by atoms with van der Waals surface area (Å²) in [5, 5.41) is 2.81. The molecule has 0 radical (unpaired) electrons. The van der Waals surface area contributed by atoms with Crippen molar-refractivity contribution in [2.45, 2.75) is 39.8 Å². The van der Waals surface area contributed by atoms with Crippen LogP contribution in [-0.2, 0) is 14.3 Å². The number of methoxy groups -OCH3 is 1. The van der Waals surface area contributed by atoms with E-state index in [1.54, 1.807) is 13.8 Å². The standard InChI is InChI=1S/C20H24N2O5/c1-11-16(19(24)26-5)13(3)21-17(11)20(25)27-14(4)18(23)22-12(2)15-9-7-6-8-10-15/h6-10,12,14,21H,1-5H3,(H,22,23)/t12-,14+/m1/s1. The van der Waals surface area contributed by atoms with Gasteiger partial charge in [0.15, 0.2) is 6.10 Å². The van der Waals surface area contributed by atoms with Crippen molar-refractivity contribution in [3.63, 3.8) is 0 Å². The lowest BCUT2D eigenvalue weighted by atomic mass is 10.1. The minimum atomic E-state index is -0.992. The van der Waals surface area contributed by atoms with Gasteiger partial charge in [0.05, 0.1) is 18.7 Å². The van der Waals surface area contributed by atoms with Gasteiger partial charge in [-0.25, -0.2) is 9.59 Å². The van der Waals surface area contributed by atoms with Gasteiger partial charge in [-0.05, 0) is 38.8 Å². The van der Waals surface area contributed by atoms with Crippen LogP contribution in [0, 0.1) is 13.8 Å². The fourth-order valence-corrected chi connectivity index (χ4v) is 2.79. The molecule has 0 aliphatic heterocycles. The van der Waals surface area contributed by atoms with Gasteiger partial charge in [-0.1, -0.05) is 30.3 Å². The number of aryl methyl sites for hydroxylation is 1. The van der Waals surface area contributed by atoms with Crippen LogP contribution in [0.15, 0.2) is 30.3 Å². The first kappa shape index (κ1) is 20.2. The van der Waals surface area contributed by atoms with Crippen molar-refractivity contribution in [1.82, 2.24) is 10.3 Å². The maximum Gasteiger partial charge on any atom is 0.355 e. The van der Waals surface area contributed by atoms with Crippen molar-refractivity contribution in [2.24, 2.45) is 0 Å². The summed E-state index contributed by atoms with van der Waals surface area (Å²) in [4.78, 5) is 39.4. The molecule has 2 N–H and O–H groups in total. The first-order valence-electron chi connectivity index (χ1n) is 8.60. The Morgan fingerprint density at radius 2 is 1.67 bits per heavy atom. The molecule has 0 saturated carbocycles. The van der Waals surface area contributed by atoms with Crippen molar-refractivity contribution in [3.8, 4) is 0 Å². The van der Waals surface area contributed by atoms with Crippen molar-refractivity contribution in [3.05, 3.63) is 58.4 Å². The zero-order chi connectivity index (χ0) is 20.1. The second kappa shape index (κ2) is 8.53.